The Morgan fingerprint density at radius 2 is 1.92 bits per heavy atom. The first-order valence-corrected chi connectivity index (χ1v) is 8.80. The molecule has 0 unspecified atom stereocenters. The third-order valence-corrected chi connectivity index (χ3v) is 5.07. The molecule has 0 bridgehead atoms. The Labute approximate surface area is 152 Å². The monoisotopic (exact) mass is 364 g/mol. The summed E-state index contributed by atoms with van der Waals surface area (Å²) in [7, 11) is 3.22. The van der Waals surface area contributed by atoms with Crippen molar-refractivity contribution in [2.45, 2.75) is 13.0 Å². The van der Waals surface area contributed by atoms with E-state index in [-0.39, 0.29) is 18.8 Å². The third kappa shape index (κ3) is 2.93. The molecule has 3 aliphatic heterocycles. The zero-order valence-corrected chi connectivity index (χ0v) is 15.3. The minimum Gasteiger partial charge on any atom is -0.493 e. The van der Waals surface area contributed by atoms with Crippen LogP contribution in [-0.4, -0.2) is 64.5 Å². The molecule has 0 N–H and O–H groups in total. The van der Waals surface area contributed by atoms with Gasteiger partial charge in [0, 0.05) is 31.1 Å². The number of nitrogens with zero attached hydrogens (tertiary/aromatic N) is 2. The summed E-state index contributed by atoms with van der Waals surface area (Å²) < 4.78 is 27.6. The van der Waals surface area contributed by atoms with Crippen LogP contribution in [0.15, 0.2) is 11.2 Å². The van der Waals surface area contributed by atoms with Gasteiger partial charge in [0.15, 0.2) is 17.6 Å². The van der Waals surface area contributed by atoms with E-state index in [1.54, 1.807) is 14.2 Å². The van der Waals surface area contributed by atoms with Crippen LogP contribution in [0.3, 0.4) is 0 Å². The molecule has 0 saturated carbocycles. The molecule has 2 atom stereocenters. The van der Waals surface area contributed by atoms with Crippen molar-refractivity contribution in [2.24, 2.45) is 11.1 Å². The molecule has 1 fully saturated rings. The SMILES string of the molecule is COc1cc([C@@H]2ON=C(CN3CCOCC3)[C@@H]2C)c(OC)c2c1OCO2. The number of hydrogen-bond acceptors (Lipinski definition) is 8. The highest BCUT2D eigenvalue weighted by Crippen LogP contribution is 2.53. The molecule has 1 aromatic rings. The fraction of sp³-hybridized carbons (Fsp3) is 0.611. The predicted molar refractivity (Wildman–Crippen MR) is 93.4 cm³/mol. The molecule has 0 radical (unpaired) electrons. The van der Waals surface area contributed by atoms with Gasteiger partial charge in [-0.25, -0.2) is 0 Å². The van der Waals surface area contributed by atoms with E-state index < -0.39 is 0 Å². The molecular formula is C18H24N2O6. The minimum absolute atomic E-state index is 0.108. The van der Waals surface area contributed by atoms with E-state index in [9.17, 15) is 0 Å². The fourth-order valence-corrected chi connectivity index (χ4v) is 3.57. The highest BCUT2D eigenvalue weighted by atomic mass is 16.7. The largest absolute Gasteiger partial charge is 0.493 e. The Hall–Kier alpha value is -2.19. The molecule has 0 aromatic heterocycles. The van der Waals surface area contributed by atoms with E-state index in [2.05, 4.69) is 17.0 Å². The van der Waals surface area contributed by atoms with Crippen molar-refractivity contribution in [1.29, 1.82) is 0 Å². The van der Waals surface area contributed by atoms with E-state index in [0.717, 1.165) is 44.1 Å². The smallest absolute Gasteiger partial charge is 0.231 e. The maximum absolute atomic E-state index is 5.81. The molecular weight excluding hydrogens is 340 g/mol. The maximum atomic E-state index is 5.81. The van der Waals surface area contributed by atoms with Crippen molar-refractivity contribution < 1.29 is 28.5 Å². The van der Waals surface area contributed by atoms with E-state index in [1.165, 1.54) is 0 Å². The summed E-state index contributed by atoms with van der Waals surface area (Å²) in [6.07, 6.45) is -0.260. The van der Waals surface area contributed by atoms with Gasteiger partial charge >= 0.3 is 0 Å². The van der Waals surface area contributed by atoms with Crippen LogP contribution in [-0.2, 0) is 9.57 Å². The number of ether oxygens (including phenoxy) is 5. The molecule has 26 heavy (non-hydrogen) atoms. The van der Waals surface area contributed by atoms with Crippen molar-refractivity contribution in [2.75, 3.05) is 53.9 Å². The molecule has 3 aliphatic rings. The van der Waals surface area contributed by atoms with Crippen molar-refractivity contribution >= 4 is 5.71 Å². The summed E-state index contributed by atoms with van der Waals surface area (Å²) in [6, 6.07) is 1.89. The maximum Gasteiger partial charge on any atom is 0.231 e. The van der Waals surface area contributed by atoms with Crippen LogP contribution in [0, 0.1) is 5.92 Å². The average Bonchev–Trinajstić information content (AvgIpc) is 3.29. The standard InChI is InChI=1S/C18H24N2O6/c1-11-13(9-20-4-6-23-7-5-20)19-26-15(11)12-8-14(21-2)17-18(16(12)22-3)25-10-24-17/h8,11,15H,4-7,9-10H2,1-3H3/t11-,15+/m0/s1. The van der Waals surface area contributed by atoms with Gasteiger partial charge in [0.25, 0.3) is 0 Å². The lowest BCUT2D eigenvalue weighted by molar-refractivity contribution is 0.0449. The highest BCUT2D eigenvalue weighted by Gasteiger charge is 2.38. The second-order valence-electron chi connectivity index (χ2n) is 6.55. The van der Waals surface area contributed by atoms with Gasteiger partial charge in [-0.3, -0.25) is 4.90 Å². The lowest BCUT2D eigenvalue weighted by Crippen LogP contribution is -2.40. The second kappa shape index (κ2) is 7.20. The van der Waals surface area contributed by atoms with Crippen LogP contribution in [0.2, 0.25) is 0 Å². The number of rotatable bonds is 5. The molecule has 8 nitrogen and oxygen atoms in total. The molecule has 3 heterocycles. The zero-order valence-electron chi connectivity index (χ0n) is 15.3. The number of benzene rings is 1. The lowest BCUT2D eigenvalue weighted by atomic mass is 9.92. The first kappa shape index (κ1) is 17.2. The average molecular weight is 364 g/mol. The predicted octanol–water partition coefficient (Wildman–Crippen LogP) is 1.83. The zero-order chi connectivity index (χ0) is 18.1. The summed E-state index contributed by atoms with van der Waals surface area (Å²) in [5.74, 6) is 2.44. The van der Waals surface area contributed by atoms with Crippen molar-refractivity contribution in [1.82, 2.24) is 4.90 Å². The number of oxime groups is 1. The van der Waals surface area contributed by atoms with Gasteiger partial charge in [-0.05, 0) is 6.07 Å². The van der Waals surface area contributed by atoms with E-state index in [0.29, 0.717) is 23.0 Å². The van der Waals surface area contributed by atoms with E-state index >= 15 is 0 Å². The summed E-state index contributed by atoms with van der Waals surface area (Å²) in [6.45, 7) is 6.40. The first-order chi connectivity index (χ1) is 12.7. The molecule has 0 aliphatic carbocycles. The summed E-state index contributed by atoms with van der Waals surface area (Å²) in [4.78, 5) is 8.14. The number of hydrogen-bond donors (Lipinski definition) is 0. The Balaban J connectivity index is 1.58. The Kier molecular flexibility index (Phi) is 4.78. The first-order valence-electron chi connectivity index (χ1n) is 8.80. The highest BCUT2D eigenvalue weighted by molar-refractivity contribution is 5.90. The lowest BCUT2D eigenvalue weighted by Gasteiger charge is -2.27. The van der Waals surface area contributed by atoms with Gasteiger partial charge in [0.2, 0.25) is 18.3 Å². The van der Waals surface area contributed by atoms with Gasteiger partial charge in [0.1, 0.15) is 0 Å². The van der Waals surface area contributed by atoms with Crippen LogP contribution in [0.4, 0.5) is 0 Å². The van der Waals surface area contributed by atoms with Crippen molar-refractivity contribution in [3.63, 3.8) is 0 Å². The van der Waals surface area contributed by atoms with Crippen LogP contribution in [0.1, 0.15) is 18.6 Å². The Morgan fingerprint density at radius 3 is 2.65 bits per heavy atom. The Morgan fingerprint density at radius 1 is 1.15 bits per heavy atom. The van der Waals surface area contributed by atoms with Crippen LogP contribution >= 0.6 is 0 Å². The van der Waals surface area contributed by atoms with Crippen LogP contribution in [0.5, 0.6) is 23.0 Å². The van der Waals surface area contributed by atoms with Crippen molar-refractivity contribution in [3.05, 3.63) is 11.6 Å². The fourth-order valence-electron chi connectivity index (χ4n) is 3.57. The second-order valence-corrected chi connectivity index (χ2v) is 6.55. The molecule has 0 amide bonds. The van der Waals surface area contributed by atoms with Crippen LogP contribution < -0.4 is 18.9 Å². The normalized spacial score (nSPS) is 25.0. The molecule has 4 rings (SSSR count). The molecule has 1 aromatic carbocycles. The molecule has 1 saturated heterocycles. The molecule has 142 valence electrons. The van der Waals surface area contributed by atoms with Gasteiger partial charge in [0.05, 0.1) is 33.1 Å². The van der Waals surface area contributed by atoms with Crippen LogP contribution in [0.25, 0.3) is 0 Å². The van der Waals surface area contributed by atoms with Gasteiger partial charge in [-0.1, -0.05) is 12.1 Å². The topological polar surface area (TPSA) is 71.0 Å². The minimum atomic E-state index is -0.260. The van der Waals surface area contributed by atoms with Gasteiger partial charge < -0.3 is 28.5 Å². The summed E-state index contributed by atoms with van der Waals surface area (Å²) >= 11 is 0. The third-order valence-electron chi connectivity index (χ3n) is 5.07. The quantitative estimate of drug-likeness (QED) is 0.789. The number of morpholine rings is 1. The van der Waals surface area contributed by atoms with Gasteiger partial charge in [-0.2, -0.15) is 0 Å². The van der Waals surface area contributed by atoms with E-state index in [4.69, 9.17) is 28.5 Å². The molecule has 0 spiro atoms. The Bertz CT molecular complexity index is 701. The van der Waals surface area contributed by atoms with Crippen molar-refractivity contribution in [3.8, 4) is 23.0 Å². The van der Waals surface area contributed by atoms with Gasteiger partial charge in [-0.15, -0.1) is 0 Å². The summed E-state index contributed by atoms with van der Waals surface area (Å²) in [5.41, 5.74) is 1.87. The number of methoxy groups -OCH3 is 2. The molecule has 8 heteroatoms. The summed E-state index contributed by atoms with van der Waals surface area (Å²) in [5, 5.41) is 4.36. The van der Waals surface area contributed by atoms with E-state index in [1.807, 2.05) is 6.07 Å². The number of fused-ring (bicyclic) bond motifs is 1.